The van der Waals surface area contributed by atoms with Gasteiger partial charge in [-0.2, -0.15) is 0 Å². The zero-order valence-electron chi connectivity index (χ0n) is 22.7. The Morgan fingerprint density at radius 3 is 2.51 bits per heavy atom. The van der Waals surface area contributed by atoms with Gasteiger partial charge in [0.05, 0.1) is 30.1 Å². The van der Waals surface area contributed by atoms with Gasteiger partial charge in [-0.1, -0.05) is 5.92 Å². The SMILES string of the molecule is CNC(C)C(=O)Nc1cc(C2=NC(C)=NC(=N)C2=C(C)[NH2+]C)cc(C#Cc2cnc(-n3cnc(C)c3)nc2)n1. The summed E-state index contributed by atoms with van der Waals surface area (Å²) in [6.07, 6.45) is 6.73. The minimum Gasteiger partial charge on any atom is -0.319 e. The molecule has 4 heterocycles. The number of allylic oxidation sites excluding steroid dienone is 1. The first-order valence-electron chi connectivity index (χ1n) is 12.3. The number of likely N-dealkylation sites (N-methyl/N-ethyl adjacent to an activating group) is 1. The van der Waals surface area contributed by atoms with E-state index in [4.69, 9.17) is 5.41 Å². The fourth-order valence-electron chi connectivity index (χ4n) is 3.65. The van der Waals surface area contributed by atoms with Crippen molar-refractivity contribution in [1.29, 1.82) is 5.41 Å². The predicted molar refractivity (Wildman–Crippen MR) is 149 cm³/mol. The molecule has 0 aliphatic carbocycles. The maximum absolute atomic E-state index is 12.6. The number of nitrogens with one attached hydrogen (secondary N) is 3. The van der Waals surface area contributed by atoms with Gasteiger partial charge in [-0.15, -0.1) is 0 Å². The summed E-state index contributed by atoms with van der Waals surface area (Å²) in [4.78, 5) is 39.0. The number of hydrogen-bond acceptors (Lipinski definition) is 8. The number of nitrogens with zero attached hydrogens (tertiary/aromatic N) is 7. The Hall–Kier alpha value is -4.86. The molecule has 0 fully saturated rings. The van der Waals surface area contributed by atoms with E-state index in [0.717, 1.165) is 11.4 Å². The number of amides is 1. The summed E-state index contributed by atoms with van der Waals surface area (Å²) >= 11 is 0. The number of anilines is 1. The Labute approximate surface area is 226 Å². The molecule has 0 saturated carbocycles. The summed E-state index contributed by atoms with van der Waals surface area (Å²) in [7, 11) is 3.60. The first-order valence-corrected chi connectivity index (χ1v) is 12.3. The smallest absolute Gasteiger partial charge is 0.242 e. The van der Waals surface area contributed by atoms with Gasteiger partial charge in [0.1, 0.15) is 34.9 Å². The van der Waals surface area contributed by atoms with Crippen LogP contribution in [0.3, 0.4) is 0 Å². The maximum Gasteiger partial charge on any atom is 0.242 e. The van der Waals surface area contributed by atoms with Gasteiger partial charge in [-0.3, -0.25) is 14.8 Å². The molecule has 39 heavy (non-hydrogen) atoms. The molecule has 198 valence electrons. The zero-order valence-corrected chi connectivity index (χ0v) is 22.7. The Kier molecular flexibility index (Phi) is 8.14. The lowest BCUT2D eigenvalue weighted by Crippen LogP contribution is -2.77. The van der Waals surface area contributed by atoms with E-state index in [9.17, 15) is 4.79 Å². The molecule has 1 atom stereocenters. The van der Waals surface area contributed by atoms with Gasteiger partial charge in [0.2, 0.25) is 11.9 Å². The Morgan fingerprint density at radius 1 is 1.13 bits per heavy atom. The number of aromatic nitrogens is 5. The first kappa shape index (κ1) is 27.2. The third-order valence-corrected chi connectivity index (χ3v) is 5.94. The van der Waals surface area contributed by atoms with Crippen LogP contribution >= 0.6 is 0 Å². The molecule has 3 aromatic rings. The molecule has 12 heteroatoms. The van der Waals surface area contributed by atoms with Crippen molar-refractivity contribution in [3.05, 3.63) is 70.8 Å². The summed E-state index contributed by atoms with van der Waals surface area (Å²) in [6.45, 7) is 7.29. The average molecular weight is 525 g/mol. The molecule has 1 aliphatic heterocycles. The fourth-order valence-corrected chi connectivity index (χ4v) is 3.65. The molecule has 1 aliphatic rings. The Balaban J connectivity index is 1.75. The minimum absolute atomic E-state index is 0.122. The van der Waals surface area contributed by atoms with E-state index in [2.05, 4.69) is 52.4 Å². The number of aryl methyl sites for hydroxylation is 1. The van der Waals surface area contributed by atoms with Crippen LogP contribution < -0.4 is 16.0 Å². The van der Waals surface area contributed by atoms with Crippen molar-refractivity contribution < 1.29 is 10.1 Å². The lowest BCUT2D eigenvalue weighted by molar-refractivity contribution is -0.576. The summed E-state index contributed by atoms with van der Waals surface area (Å²) in [6, 6.07) is 3.08. The third kappa shape index (κ3) is 6.35. The highest BCUT2D eigenvalue weighted by Gasteiger charge is 2.25. The molecule has 4 rings (SSSR count). The molecule has 0 saturated heterocycles. The number of imidazole rings is 1. The summed E-state index contributed by atoms with van der Waals surface area (Å²) in [5.41, 5.74) is 4.54. The van der Waals surface area contributed by atoms with Crippen LogP contribution in [-0.4, -0.2) is 67.9 Å². The molecule has 12 nitrogen and oxygen atoms in total. The molecular weight excluding hydrogens is 494 g/mol. The molecule has 0 aromatic carbocycles. The van der Waals surface area contributed by atoms with Crippen LogP contribution in [0.4, 0.5) is 5.82 Å². The summed E-state index contributed by atoms with van der Waals surface area (Å²) in [5.74, 6) is 7.24. The Morgan fingerprint density at radius 2 is 1.87 bits per heavy atom. The molecule has 5 N–H and O–H groups in total. The first-order chi connectivity index (χ1) is 18.7. The molecule has 1 unspecified atom stereocenters. The molecule has 0 bridgehead atoms. The lowest BCUT2D eigenvalue weighted by atomic mass is 9.98. The number of hydrogen-bond donors (Lipinski definition) is 4. The Bertz CT molecular complexity index is 1580. The van der Waals surface area contributed by atoms with Crippen molar-refractivity contribution in [2.75, 3.05) is 19.4 Å². The number of carbonyl (C=O) groups is 1. The molecule has 1 amide bonds. The van der Waals surface area contributed by atoms with Crippen LogP contribution in [-0.2, 0) is 4.79 Å². The van der Waals surface area contributed by atoms with E-state index in [-0.39, 0.29) is 11.7 Å². The second-order valence-corrected chi connectivity index (χ2v) is 8.88. The van der Waals surface area contributed by atoms with Gasteiger partial charge >= 0.3 is 0 Å². The lowest BCUT2D eigenvalue weighted by Gasteiger charge is -2.17. The average Bonchev–Trinajstić information content (AvgIpc) is 3.36. The highest BCUT2D eigenvalue weighted by Crippen LogP contribution is 2.21. The van der Waals surface area contributed by atoms with Crippen molar-refractivity contribution in [3.8, 4) is 17.8 Å². The third-order valence-electron chi connectivity index (χ3n) is 5.94. The van der Waals surface area contributed by atoms with E-state index in [1.807, 2.05) is 32.4 Å². The molecule has 0 radical (unpaired) electrons. The normalized spacial score (nSPS) is 15.1. The maximum atomic E-state index is 12.6. The van der Waals surface area contributed by atoms with Crippen LogP contribution in [0.5, 0.6) is 0 Å². The van der Waals surface area contributed by atoms with Crippen LogP contribution in [0.2, 0.25) is 0 Å². The quantitative estimate of drug-likeness (QED) is 0.351. The van der Waals surface area contributed by atoms with Gasteiger partial charge in [0.15, 0.2) is 5.84 Å². The standard InChI is InChI=1S/C27H29N11O/c1-15-13-38(14-33-15)27-31-11-19(12-32-27)7-8-21-9-20(10-22(36-21)37-26(39)17(3)30-6)24-23(16(2)29-5)25(28)35-18(4)34-24/h9-14,17,28-30H,1-6H3,(H,36,37,39)/p+1. The fraction of sp³-hybridized carbons (Fsp3) is 0.259. The van der Waals surface area contributed by atoms with Crippen molar-refractivity contribution in [2.45, 2.75) is 33.7 Å². The van der Waals surface area contributed by atoms with E-state index in [1.54, 1.807) is 56.3 Å². The van der Waals surface area contributed by atoms with Crippen LogP contribution in [0.1, 0.15) is 43.3 Å². The van der Waals surface area contributed by atoms with E-state index in [1.165, 1.54) is 0 Å². The topological polar surface area (TPSA) is 163 Å². The summed E-state index contributed by atoms with van der Waals surface area (Å²) in [5, 5.41) is 16.1. The van der Waals surface area contributed by atoms with Gasteiger partial charge in [0.25, 0.3) is 0 Å². The molecule has 3 aromatic heterocycles. The van der Waals surface area contributed by atoms with Gasteiger partial charge in [0, 0.05) is 31.1 Å². The number of nitrogens with two attached hydrogens (primary N) is 1. The largest absolute Gasteiger partial charge is 0.319 e. The van der Waals surface area contributed by atoms with Crippen LogP contribution in [0.15, 0.2) is 58.3 Å². The van der Waals surface area contributed by atoms with E-state index >= 15 is 0 Å². The zero-order chi connectivity index (χ0) is 28.1. The van der Waals surface area contributed by atoms with E-state index < -0.39 is 6.04 Å². The predicted octanol–water partition coefficient (Wildman–Crippen LogP) is 0.977. The molecular formula is C27H30N11O+. The van der Waals surface area contributed by atoms with Crippen molar-refractivity contribution >= 4 is 29.1 Å². The number of pyridine rings is 1. The minimum atomic E-state index is -0.429. The monoisotopic (exact) mass is 524 g/mol. The van der Waals surface area contributed by atoms with Gasteiger partial charge < -0.3 is 16.0 Å². The number of aliphatic imine (C=N–C) groups is 2. The number of amidine groups is 2. The number of quaternary nitrogens is 1. The second-order valence-electron chi connectivity index (χ2n) is 8.88. The van der Waals surface area contributed by atoms with Crippen LogP contribution in [0.25, 0.3) is 5.95 Å². The highest BCUT2D eigenvalue weighted by atomic mass is 16.2. The summed E-state index contributed by atoms with van der Waals surface area (Å²) < 4.78 is 1.73. The van der Waals surface area contributed by atoms with Crippen molar-refractivity contribution in [2.24, 2.45) is 9.98 Å². The van der Waals surface area contributed by atoms with Crippen LogP contribution in [0, 0.1) is 24.2 Å². The number of carbonyl (C=O) groups excluding carboxylic acids is 1. The highest BCUT2D eigenvalue weighted by molar-refractivity contribution is 6.35. The van der Waals surface area contributed by atoms with Gasteiger partial charge in [-0.05, 0) is 45.9 Å². The number of rotatable bonds is 6. The van der Waals surface area contributed by atoms with Gasteiger partial charge in [-0.25, -0.2) is 29.9 Å². The van der Waals surface area contributed by atoms with Crippen molar-refractivity contribution in [1.82, 2.24) is 29.8 Å². The van der Waals surface area contributed by atoms with E-state index in [0.29, 0.717) is 45.7 Å². The second kappa shape index (κ2) is 11.7. The molecule has 0 spiro atoms. The van der Waals surface area contributed by atoms with Crippen molar-refractivity contribution in [3.63, 3.8) is 0 Å².